The lowest BCUT2D eigenvalue weighted by Gasteiger charge is -2.26. The molecular formula is C18H20N6O2. The maximum absolute atomic E-state index is 12.8. The second kappa shape index (κ2) is 6.72. The van der Waals surface area contributed by atoms with E-state index in [1.54, 1.807) is 18.3 Å². The lowest BCUT2D eigenvalue weighted by molar-refractivity contribution is -0.133. The van der Waals surface area contributed by atoms with Crippen LogP contribution in [0.4, 0.5) is 0 Å². The van der Waals surface area contributed by atoms with Crippen molar-refractivity contribution in [3.63, 3.8) is 0 Å². The zero-order chi connectivity index (χ0) is 18.1. The largest absolute Gasteiger partial charge is 0.348 e. The molecule has 0 spiro atoms. The minimum atomic E-state index is -0.450. The first kappa shape index (κ1) is 16.5. The van der Waals surface area contributed by atoms with Gasteiger partial charge in [0.15, 0.2) is 0 Å². The molecule has 0 unspecified atom stereocenters. The Labute approximate surface area is 150 Å². The van der Waals surface area contributed by atoms with E-state index in [4.69, 9.17) is 4.52 Å². The highest BCUT2D eigenvalue weighted by Gasteiger charge is 2.31. The van der Waals surface area contributed by atoms with Gasteiger partial charge in [-0.25, -0.2) is 4.98 Å². The van der Waals surface area contributed by atoms with Crippen molar-refractivity contribution < 1.29 is 9.32 Å². The number of hydrogen-bond donors (Lipinski definition) is 2. The molecular weight excluding hydrogens is 332 g/mol. The van der Waals surface area contributed by atoms with Crippen molar-refractivity contribution in [2.45, 2.75) is 25.9 Å². The van der Waals surface area contributed by atoms with Crippen LogP contribution in [0.25, 0.3) is 11.4 Å². The Kier molecular flexibility index (Phi) is 4.26. The molecule has 0 fully saturated rings. The molecule has 1 aromatic carbocycles. The summed E-state index contributed by atoms with van der Waals surface area (Å²) in [6.07, 6.45) is 2.47. The second-order valence-electron chi connectivity index (χ2n) is 6.48. The highest BCUT2D eigenvalue weighted by molar-refractivity contribution is 5.83. The van der Waals surface area contributed by atoms with Crippen LogP contribution < -0.4 is 5.32 Å². The summed E-state index contributed by atoms with van der Waals surface area (Å²) in [5, 5.41) is 7.25. The molecule has 0 saturated carbocycles. The van der Waals surface area contributed by atoms with Gasteiger partial charge in [-0.05, 0) is 13.0 Å². The number of rotatable bonds is 4. The number of fused-ring (bicyclic) bond motifs is 1. The molecule has 0 radical (unpaired) electrons. The summed E-state index contributed by atoms with van der Waals surface area (Å²) in [5.74, 6) is 0.846. The fourth-order valence-electron chi connectivity index (χ4n) is 3.14. The SMILES string of the molecule is Cc1cccc(-c2noc(CN(C)C(=O)[C@H]3NCCc4[nH]cnc43)n2)c1. The lowest BCUT2D eigenvalue weighted by atomic mass is 10.0. The summed E-state index contributed by atoms with van der Waals surface area (Å²) < 4.78 is 5.32. The summed E-state index contributed by atoms with van der Waals surface area (Å²) >= 11 is 0. The third-order valence-electron chi connectivity index (χ3n) is 4.49. The van der Waals surface area contributed by atoms with Crippen LogP contribution in [-0.2, 0) is 17.8 Å². The number of nitrogens with zero attached hydrogens (tertiary/aromatic N) is 4. The highest BCUT2D eigenvalue weighted by atomic mass is 16.5. The van der Waals surface area contributed by atoms with E-state index in [2.05, 4.69) is 25.4 Å². The van der Waals surface area contributed by atoms with Gasteiger partial charge in [0, 0.05) is 31.3 Å². The van der Waals surface area contributed by atoms with E-state index in [1.165, 1.54) is 0 Å². The van der Waals surface area contributed by atoms with Crippen LogP contribution in [0.1, 0.15) is 28.9 Å². The number of aromatic amines is 1. The molecule has 0 bridgehead atoms. The predicted molar refractivity (Wildman–Crippen MR) is 94.0 cm³/mol. The number of carbonyl (C=O) groups excluding carboxylic acids is 1. The number of carbonyl (C=O) groups is 1. The molecule has 1 aliphatic rings. The van der Waals surface area contributed by atoms with Crippen LogP contribution in [0.15, 0.2) is 35.1 Å². The minimum Gasteiger partial charge on any atom is -0.348 e. The molecule has 2 aromatic heterocycles. The molecule has 1 amide bonds. The average Bonchev–Trinajstić information content (AvgIpc) is 3.30. The number of imidazole rings is 1. The number of likely N-dealkylation sites (N-methyl/N-ethyl adjacent to an activating group) is 1. The second-order valence-corrected chi connectivity index (χ2v) is 6.48. The number of aryl methyl sites for hydroxylation is 1. The summed E-state index contributed by atoms with van der Waals surface area (Å²) in [6.45, 7) is 2.99. The zero-order valence-corrected chi connectivity index (χ0v) is 14.7. The molecule has 8 heteroatoms. The average molecular weight is 352 g/mol. The number of aromatic nitrogens is 4. The van der Waals surface area contributed by atoms with E-state index < -0.39 is 6.04 Å². The zero-order valence-electron chi connectivity index (χ0n) is 14.7. The van der Waals surface area contributed by atoms with Gasteiger partial charge in [0.1, 0.15) is 6.04 Å². The monoisotopic (exact) mass is 352 g/mol. The molecule has 2 N–H and O–H groups in total. The number of H-pyrrole nitrogens is 1. The van der Waals surface area contributed by atoms with E-state index in [-0.39, 0.29) is 12.5 Å². The van der Waals surface area contributed by atoms with Gasteiger partial charge < -0.3 is 19.7 Å². The molecule has 0 aliphatic carbocycles. The van der Waals surface area contributed by atoms with Gasteiger partial charge in [-0.15, -0.1) is 0 Å². The Morgan fingerprint density at radius 1 is 1.42 bits per heavy atom. The topological polar surface area (TPSA) is 99.9 Å². The fourth-order valence-corrected chi connectivity index (χ4v) is 3.14. The Balaban J connectivity index is 1.47. The van der Waals surface area contributed by atoms with Crippen LogP contribution >= 0.6 is 0 Å². The number of hydrogen-bond acceptors (Lipinski definition) is 6. The Morgan fingerprint density at radius 3 is 3.15 bits per heavy atom. The molecule has 0 saturated heterocycles. The fraction of sp³-hybridized carbons (Fsp3) is 0.333. The summed E-state index contributed by atoms with van der Waals surface area (Å²) in [6, 6.07) is 7.44. The highest BCUT2D eigenvalue weighted by Crippen LogP contribution is 2.22. The van der Waals surface area contributed by atoms with E-state index >= 15 is 0 Å². The summed E-state index contributed by atoms with van der Waals surface area (Å²) in [7, 11) is 1.72. The van der Waals surface area contributed by atoms with Crippen LogP contribution in [0.2, 0.25) is 0 Å². The van der Waals surface area contributed by atoms with Crippen molar-refractivity contribution in [1.29, 1.82) is 0 Å². The molecule has 1 aliphatic heterocycles. The van der Waals surface area contributed by atoms with E-state index in [0.29, 0.717) is 11.7 Å². The quantitative estimate of drug-likeness (QED) is 0.740. The van der Waals surface area contributed by atoms with Crippen LogP contribution in [-0.4, -0.2) is 44.5 Å². The first-order chi connectivity index (χ1) is 12.6. The molecule has 3 aromatic rings. The molecule has 3 heterocycles. The summed E-state index contributed by atoms with van der Waals surface area (Å²) in [5.41, 5.74) is 3.79. The number of amides is 1. The number of nitrogens with one attached hydrogen (secondary N) is 2. The molecule has 134 valence electrons. The standard InChI is InChI=1S/C18H20N6O2/c1-11-4-3-5-12(8-11)17-22-14(26-23-17)9-24(2)18(25)16-15-13(6-7-19-16)20-10-21-15/h3-5,8,10,16,19H,6-7,9H2,1-2H3,(H,20,21)/t16-/m0/s1. The Hall–Kier alpha value is -3.00. The summed E-state index contributed by atoms with van der Waals surface area (Å²) in [4.78, 5) is 26.2. The van der Waals surface area contributed by atoms with Gasteiger partial charge in [-0.3, -0.25) is 4.79 Å². The van der Waals surface area contributed by atoms with Crippen LogP contribution in [0, 0.1) is 6.92 Å². The number of benzene rings is 1. The van der Waals surface area contributed by atoms with E-state index in [1.807, 2.05) is 31.2 Å². The molecule has 4 rings (SSSR count). The van der Waals surface area contributed by atoms with Crippen molar-refractivity contribution >= 4 is 5.91 Å². The van der Waals surface area contributed by atoms with Gasteiger partial charge >= 0.3 is 0 Å². The maximum atomic E-state index is 12.8. The van der Waals surface area contributed by atoms with E-state index in [9.17, 15) is 4.79 Å². The predicted octanol–water partition coefficient (Wildman–Crippen LogP) is 1.61. The van der Waals surface area contributed by atoms with Crippen molar-refractivity contribution in [1.82, 2.24) is 30.3 Å². The van der Waals surface area contributed by atoms with E-state index in [0.717, 1.165) is 35.5 Å². The van der Waals surface area contributed by atoms with Gasteiger partial charge in [-0.2, -0.15) is 4.98 Å². The van der Waals surface area contributed by atoms with Gasteiger partial charge in [-0.1, -0.05) is 28.9 Å². The molecule has 1 atom stereocenters. The van der Waals surface area contributed by atoms with Gasteiger partial charge in [0.05, 0.1) is 18.6 Å². The normalized spacial score (nSPS) is 16.3. The third-order valence-corrected chi connectivity index (χ3v) is 4.49. The van der Waals surface area contributed by atoms with Crippen molar-refractivity contribution in [2.75, 3.05) is 13.6 Å². The van der Waals surface area contributed by atoms with Crippen molar-refractivity contribution in [3.05, 3.63) is 53.4 Å². The van der Waals surface area contributed by atoms with Crippen molar-refractivity contribution in [3.8, 4) is 11.4 Å². The lowest BCUT2D eigenvalue weighted by Crippen LogP contribution is -2.42. The Bertz CT molecular complexity index is 931. The third kappa shape index (κ3) is 3.11. The minimum absolute atomic E-state index is 0.0756. The van der Waals surface area contributed by atoms with Gasteiger partial charge in [0.25, 0.3) is 0 Å². The van der Waals surface area contributed by atoms with Crippen LogP contribution in [0.5, 0.6) is 0 Å². The van der Waals surface area contributed by atoms with Crippen LogP contribution in [0.3, 0.4) is 0 Å². The molecule has 8 nitrogen and oxygen atoms in total. The smallest absolute Gasteiger partial charge is 0.246 e. The van der Waals surface area contributed by atoms with Crippen molar-refractivity contribution in [2.24, 2.45) is 0 Å². The van der Waals surface area contributed by atoms with Gasteiger partial charge in [0.2, 0.25) is 17.6 Å². The molecule has 26 heavy (non-hydrogen) atoms. The first-order valence-corrected chi connectivity index (χ1v) is 8.52. The Morgan fingerprint density at radius 2 is 2.31 bits per heavy atom. The maximum Gasteiger partial charge on any atom is 0.246 e. The first-order valence-electron chi connectivity index (χ1n) is 8.52.